The zero-order chi connectivity index (χ0) is 12.4. The van der Waals surface area contributed by atoms with Gasteiger partial charge in [0.15, 0.2) is 0 Å². The predicted octanol–water partition coefficient (Wildman–Crippen LogP) is 4.08. The lowest BCUT2D eigenvalue weighted by Gasteiger charge is -2.34. The number of rotatable bonds is 4. The van der Waals surface area contributed by atoms with Crippen molar-refractivity contribution >= 4 is 27.5 Å². The lowest BCUT2D eigenvalue weighted by molar-refractivity contribution is 0.208. The van der Waals surface area contributed by atoms with E-state index in [0.29, 0.717) is 4.83 Å². The van der Waals surface area contributed by atoms with Crippen LogP contribution in [0.15, 0.2) is 18.2 Å². The molecule has 0 bridgehead atoms. The number of hydrogen-bond acceptors (Lipinski definition) is 1. The van der Waals surface area contributed by atoms with E-state index in [1.807, 2.05) is 0 Å². The Bertz CT molecular complexity index is 393. The Morgan fingerprint density at radius 2 is 2.18 bits per heavy atom. The largest absolute Gasteiger partial charge is 0.302 e. The summed E-state index contributed by atoms with van der Waals surface area (Å²) < 4.78 is 13.0. The number of hydrogen-bond donors (Lipinski definition) is 0. The third kappa shape index (κ3) is 3.67. The van der Waals surface area contributed by atoms with E-state index < -0.39 is 0 Å². The topological polar surface area (TPSA) is 3.24 Å². The van der Waals surface area contributed by atoms with Crippen molar-refractivity contribution in [2.45, 2.75) is 24.2 Å². The smallest absolute Gasteiger partial charge is 0.141 e. The van der Waals surface area contributed by atoms with E-state index in [-0.39, 0.29) is 10.8 Å². The van der Waals surface area contributed by atoms with E-state index >= 15 is 0 Å². The van der Waals surface area contributed by atoms with Crippen LogP contribution in [0, 0.1) is 11.7 Å². The van der Waals surface area contributed by atoms with Crippen LogP contribution in [-0.4, -0.2) is 23.3 Å². The van der Waals surface area contributed by atoms with Crippen molar-refractivity contribution in [2.75, 3.05) is 13.6 Å². The minimum absolute atomic E-state index is 0.208. The molecule has 1 fully saturated rings. The van der Waals surface area contributed by atoms with Crippen molar-refractivity contribution in [1.82, 2.24) is 4.90 Å². The van der Waals surface area contributed by atoms with Crippen molar-refractivity contribution in [3.05, 3.63) is 34.6 Å². The lowest BCUT2D eigenvalue weighted by atomic mass is 9.85. The number of alkyl halides is 1. The van der Waals surface area contributed by atoms with Gasteiger partial charge in [-0.2, -0.15) is 0 Å². The zero-order valence-electron chi connectivity index (χ0n) is 9.80. The second-order valence-electron chi connectivity index (χ2n) is 4.88. The Balaban J connectivity index is 1.85. The normalized spacial score (nSPS) is 23.8. The average Bonchev–Trinajstić information content (AvgIpc) is 2.21. The maximum Gasteiger partial charge on any atom is 0.141 e. The number of nitrogens with zero attached hydrogens (tertiary/aromatic N) is 1. The van der Waals surface area contributed by atoms with E-state index in [9.17, 15) is 4.39 Å². The molecule has 1 aromatic carbocycles. The highest BCUT2D eigenvalue weighted by Crippen LogP contribution is 2.33. The predicted molar refractivity (Wildman–Crippen MR) is 73.2 cm³/mol. The Hall–Kier alpha value is -0.120. The van der Waals surface area contributed by atoms with Crippen LogP contribution in [0.2, 0.25) is 5.02 Å². The quantitative estimate of drug-likeness (QED) is 0.756. The van der Waals surface area contributed by atoms with Crippen LogP contribution in [0.25, 0.3) is 0 Å². The van der Waals surface area contributed by atoms with E-state index in [1.165, 1.54) is 18.9 Å². The van der Waals surface area contributed by atoms with Gasteiger partial charge in [-0.05, 0) is 43.5 Å². The zero-order valence-corrected chi connectivity index (χ0v) is 12.1. The van der Waals surface area contributed by atoms with Gasteiger partial charge in [0.2, 0.25) is 0 Å². The fourth-order valence-corrected chi connectivity index (χ4v) is 3.52. The summed E-state index contributed by atoms with van der Waals surface area (Å²) in [5, 5.41) is 0.208. The highest BCUT2D eigenvalue weighted by atomic mass is 79.9. The van der Waals surface area contributed by atoms with Crippen LogP contribution in [0.4, 0.5) is 4.39 Å². The van der Waals surface area contributed by atoms with Gasteiger partial charge in [0.1, 0.15) is 5.82 Å². The molecule has 4 heteroatoms. The van der Waals surface area contributed by atoms with E-state index in [1.54, 1.807) is 12.1 Å². The molecule has 17 heavy (non-hydrogen) atoms. The summed E-state index contributed by atoms with van der Waals surface area (Å²) in [5.41, 5.74) is 1.06. The fourth-order valence-electron chi connectivity index (χ4n) is 2.26. The molecule has 1 aliphatic carbocycles. The molecular formula is C13H16BrClFN. The molecule has 0 unspecified atom stereocenters. The van der Waals surface area contributed by atoms with Gasteiger partial charge in [-0.25, -0.2) is 4.39 Å². The van der Waals surface area contributed by atoms with Gasteiger partial charge in [0.25, 0.3) is 0 Å². The summed E-state index contributed by atoms with van der Waals surface area (Å²) in [6, 6.07) is 4.94. The first-order valence-corrected chi connectivity index (χ1v) is 7.10. The summed E-state index contributed by atoms with van der Waals surface area (Å²) in [5.74, 6) is 0.444. The summed E-state index contributed by atoms with van der Waals surface area (Å²) in [6.07, 6.45) is 2.52. The molecule has 0 aliphatic heterocycles. The van der Waals surface area contributed by atoms with E-state index in [0.717, 1.165) is 24.6 Å². The van der Waals surface area contributed by atoms with Crippen LogP contribution in [-0.2, 0) is 6.54 Å². The summed E-state index contributed by atoms with van der Waals surface area (Å²) in [6.45, 7) is 1.92. The Morgan fingerprint density at radius 1 is 1.47 bits per heavy atom. The third-order valence-corrected chi connectivity index (χ3v) is 4.22. The molecule has 0 heterocycles. The molecule has 1 aliphatic rings. The standard InChI is InChI=1S/C13H16BrClFN/c1-17(8-10-4-11(14)5-10)7-9-2-3-13(16)12(15)6-9/h2-3,6,10-11H,4-5,7-8H2,1H3. The second kappa shape index (κ2) is 5.68. The maximum absolute atomic E-state index is 13.0. The highest BCUT2D eigenvalue weighted by Gasteiger charge is 2.27. The van der Waals surface area contributed by atoms with Crippen molar-refractivity contribution in [1.29, 1.82) is 0 Å². The number of halogens is 3. The number of benzene rings is 1. The molecule has 1 aromatic rings. The molecule has 1 nitrogen and oxygen atoms in total. The van der Waals surface area contributed by atoms with Crippen molar-refractivity contribution in [3.63, 3.8) is 0 Å². The molecule has 0 aromatic heterocycles. The molecule has 0 N–H and O–H groups in total. The van der Waals surface area contributed by atoms with E-state index in [2.05, 4.69) is 27.9 Å². The molecule has 0 spiro atoms. The Kier molecular flexibility index (Phi) is 4.45. The first-order valence-electron chi connectivity index (χ1n) is 5.81. The van der Waals surface area contributed by atoms with Gasteiger partial charge in [-0.3, -0.25) is 0 Å². The van der Waals surface area contributed by atoms with Crippen LogP contribution < -0.4 is 0 Å². The van der Waals surface area contributed by atoms with Gasteiger partial charge in [0, 0.05) is 17.9 Å². The molecule has 1 saturated carbocycles. The minimum atomic E-state index is -0.348. The molecule has 0 atom stereocenters. The van der Waals surface area contributed by atoms with Crippen LogP contribution in [0.3, 0.4) is 0 Å². The Labute approximate surface area is 115 Å². The monoisotopic (exact) mass is 319 g/mol. The molecule has 94 valence electrons. The van der Waals surface area contributed by atoms with Crippen LogP contribution in [0.1, 0.15) is 18.4 Å². The average molecular weight is 321 g/mol. The first kappa shape index (κ1) is 13.3. The van der Waals surface area contributed by atoms with Crippen molar-refractivity contribution in [2.24, 2.45) is 5.92 Å². The van der Waals surface area contributed by atoms with Gasteiger partial charge >= 0.3 is 0 Å². The lowest BCUT2D eigenvalue weighted by Crippen LogP contribution is -2.34. The Morgan fingerprint density at radius 3 is 2.76 bits per heavy atom. The second-order valence-corrected chi connectivity index (χ2v) is 6.58. The van der Waals surface area contributed by atoms with E-state index in [4.69, 9.17) is 11.6 Å². The first-order chi connectivity index (χ1) is 8.04. The van der Waals surface area contributed by atoms with Crippen LogP contribution >= 0.6 is 27.5 Å². The van der Waals surface area contributed by atoms with Gasteiger partial charge < -0.3 is 4.90 Å². The molecule has 0 radical (unpaired) electrons. The minimum Gasteiger partial charge on any atom is -0.302 e. The molecule has 0 amide bonds. The molecule has 0 saturated heterocycles. The SMILES string of the molecule is CN(Cc1ccc(F)c(Cl)c1)CC1CC(Br)C1. The maximum atomic E-state index is 13.0. The molecular weight excluding hydrogens is 305 g/mol. The summed E-state index contributed by atoms with van der Waals surface area (Å²) in [7, 11) is 2.10. The highest BCUT2D eigenvalue weighted by molar-refractivity contribution is 9.09. The van der Waals surface area contributed by atoms with Gasteiger partial charge in [-0.1, -0.05) is 33.6 Å². The van der Waals surface area contributed by atoms with Gasteiger partial charge in [0.05, 0.1) is 5.02 Å². The van der Waals surface area contributed by atoms with Gasteiger partial charge in [-0.15, -0.1) is 0 Å². The van der Waals surface area contributed by atoms with Crippen molar-refractivity contribution in [3.8, 4) is 0 Å². The van der Waals surface area contributed by atoms with Crippen LogP contribution in [0.5, 0.6) is 0 Å². The van der Waals surface area contributed by atoms with Crippen molar-refractivity contribution < 1.29 is 4.39 Å². The molecule has 2 rings (SSSR count). The fraction of sp³-hybridized carbons (Fsp3) is 0.538. The third-order valence-electron chi connectivity index (χ3n) is 3.18. The summed E-state index contributed by atoms with van der Waals surface area (Å²) >= 11 is 9.36. The summed E-state index contributed by atoms with van der Waals surface area (Å²) in [4.78, 5) is 2.98.